The van der Waals surface area contributed by atoms with E-state index in [0.29, 0.717) is 25.6 Å². The van der Waals surface area contributed by atoms with Crippen molar-refractivity contribution in [2.75, 3.05) is 13.2 Å². The molecule has 0 unspecified atom stereocenters. The second kappa shape index (κ2) is 2.13. The molecule has 0 aromatic rings. The largest absolute Gasteiger partial charge is 0.381 e. The third kappa shape index (κ3) is 1.20. The zero-order valence-corrected chi connectivity index (χ0v) is 4.59. The molecular weight excluding hydrogens is 106 g/mol. The average molecular weight is 115 g/mol. The van der Waals surface area contributed by atoms with Gasteiger partial charge in [-0.1, -0.05) is 0 Å². The summed E-state index contributed by atoms with van der Waals surface area (Å²) >= 11 is 0. The van der Waals surface area contributed by atoms with Crippen molar-refractivity contribution in [3.05, 3.63) is 0 Å². The number of amides is 1. The smallest absolute Gasteiger partial charge is 0.217 e. The fourth-order valence-electron chi connectivity index (χ4n) is 0.687. The molecule has 46 valence electrons. The van der Waals surface area contributed by atoms with Crippen LogP contribution in [0.2, 0.25) is 0 Å². The van der Waals surface area contributed by atoms with Gasteiger partial charge in [-0.25, -0.2) is 0 Å². The van der Waals surface area contributed by atoms with Crippen molar-refractivity contribution < 1.29 is 9.53 Å². The predicted octanol–water partition coefficient (Wildman–Crippen LogP) is -0.492. The van der Waals surface area contributed by atoms with E-state index in [4.69, 9.17) is 10.5 Å². The number of hydrogen-bond donors (Lipinski definition) is 1. The number of hydrogen-bond acceptors (Lipinski definition) is 2. The first-order valence-electron chi connectivity index (χ1n) is 2.65. The Morgan fingerprint density at radius 1 is 1.75 bits per heavy atom. The molecule has 3 nitrogen and oxygen atoms in total. The molecule has 3 heteroatoms. The minimum Gasteiger partial charge on any atom is -0.381 e. The van der Waals surface area contributed by atoms with Crippen LogP contribution in [0.5, 0.6) is 0 Å². The molecule has 0 aromatic carbocycles. The number of ether oxygens (including phenoxy) is 1. The highest BCUT2D eigenvalue weighted by molar-refractivity contribution is 5.74. The summed E-state index contributed by atoms with van der Waals surface area (Å²) in [5, 5.41) is 0. The molecule has 0 spiro atoms. The molecule has 0 bridgehead atoms. The van der Waals surface area contributed by atoms with Crippen LogP contribution in [0.4, 0.5) is 0 Å². The van der Waals surface area contributed by atoms with E-state index < -0.39 is 0 Å². The van der Waals surface area contributed by atoms with Crippen LogP contribution < -0.4 is 5.73 Å². The Morgan fingerprint density at radius 2 is 2.38 bits per heavy atom. The number of primary amides is 1. The zero-order valence-electron chi connectivity index (χ0n) is 4.59. The third-order valence-corrected chi connectivity index (χ3v) is 1.20. The van der Waals surface area contributed by atoms with Gasteiger partial charge in [-0.2, -0.15) is 0 Å². The van der Waals surface area contributed by atoms with E-state index in [1.165, 1.54) is 0 Å². The molecule has 0 atom stereocenters. The van der Waals surface area contributed by atoms with Crippen molar-refractivity contribution in [1.82, 2.24) is 0 Å². The molecule has 0 aliphatic carbocycles. The Labute approximate surface area is 47.8 Å². The van der Waals surface area contributed by atoms with E-state index in [9.17, 15) is 4.79 Å². The van der Waals surface area contributed by atoms with E-state index in [-0.39, 0.29) is 5.91 Å². The molecule has 1 rings (SSSR count). The predicted molar refractivity (Wildman–Crippen MR) is 28.1 cm³/mol. The van der Waals surface area contributed by atoms with Crippen LogP contribution in [-0.2, 0) is 9.53 Å². The number of carbonyl (C=O) groups is 1. The van der Waals surface area contributed by atoms with E-state index in [1.54, 1.807) is 0 Å². The molecule has 1 amide bonds. The molecule has 0 aromatic heterocycles. The summed E-state index contributed by atoms with van der Waals surface area (Å²) in [4.78, 5) is 10.2. The Hall–Kier alpha value is -0.570. The molecule has 1 saturated heterocycles. The lowest BCUT2D eigenvalue weighted by atomic mass is 10.0. The van der Waals surface area contributed by atoms with Crippen LogP contribution in [0.1, 0.15) is 6.42 Å². The quantitative estimate of drug-likeness (QED) is 0.528. The van der Waals surface area contributed by atoms with Crippen molar-refractivity contribution in [3.63, 3.8) is 0 Å². The van der Waals surface area contributed by atoms with Gasteiger partial charge in [-0.05, 0) is 0 Å². The standard InChI is InChI=1S/C5H9NO2/c6-5(7)1-4-2-8-3-4/h4H,1-3H2,(H2,6,7). The maximum absolute atomic E-state index is 10.2. The SMILES string of the molecule is NC(=O)CC1COC1. The van der Waals surface area contributed by atoms with Crippen LogP contribution in [-0.4, -0.2) is 19.1 Å². The van der Waals surface area contributed by atoms with Crippen LogP contribution >= 0.6 is 0 Å². The molecule has 1 heterocycles. The minimum atomic E-state index is -0.224. The first-order valence-corrected chi connectivity index (χ1v) is 2.65. The van der Waals surface area contributed by atoms with E-state index >= 15 is 0 Å². The molecule has 8 heavy (non-hydrogen) atoms. The van der Waals surface area contributed by atoms with Gasteiger partial charge in [0.2, 0.25) is 5.91 Å². The lowest BCUT2D eigenvalue weighted by Crippen LogP contribution is -2.31. The molecule has 2 N–H and O–H groups in total. The van der Waals surface area contributed by atoms with Crippen molar-refractivity contribution in [3.8, 4) is 0 Å². The fourth-order valence-corrected chi connectivity index (χ4v) is 0.687. The van der Waals surface area contributed by atoms with Crippen molar-refractivity contribution in [2.45, 2.75) is 6.42 Å². The molecule has 1 aliphatic rings. The van der Waals surface area contributed by atoms with Crippen molar-refractivity contribution in [2.24, 2.45) is 11.7 Å². The van der Waals surface area contributed by atoms with Gasteiger partial charge in [0.25, 0.3) is 0 Å². The minimum absolute atomic E-state index is 0.224. The molecular formula is C5H9NO2. The van der Waals surface area contributed by atoms with Crippen LogP contribution in [0.3, 0.4) is 0 Å². The van der Waals surface area contributed by atoms with Crippen LogP contribution in [0.15, 0.2) is 0 Å². The summed E-state index contributed by atoms with van der Waals surface area (Å²) in [5.74, 6) is 0.186. The lowest BCUT2D eigenvalue weighted by molar-refractivity contribution is -0.123. The highest BCUT2D eigenvalue weighted by Crippen LogP contribution is 2.12. The second-order valence-corrected chi connectivity index (χ2v) is 2.07. The molecule has 0 saturated carbocycles. The van der Waals surface area contributed by atoms with Gasteiger partial charge in [0.15, 0.2) is 0 Å². The Balaban J connectivity index is 2.09. The van der Waals surface area contributed by atoms with Crippen molar-refractivity contribution in [1.29, 1.82) is 0 Å². The number of carbonyl (C=O) groups excluding carboxylic acids is 1. The summed E-state index contributed by atoms with van der Waals surface area (Å²) in [7, 11) is 0. The summed E-state index contributed by atoms with van der Waals surface area (Å²) < 4.78 is 4.83. The first kappa shape index (κ1) is 5.56. The average Bonchev–Trinajstić information content (AvgIpc) is 1.55. The van der Waals surface area contributed by atoms with E-state index in [0.717, 1.165) is 0 Å². The monoisotopic (exact) mass is 115 g/mol. The van der Waals surface area contributed by atoms with Gasteiger partial charge < -0.3 is 10.5 Å². The van der Waals surface area contributed by atoms with Gasteiger partial charge in [0.05, 0.1) is 13.2 Å². The summed E-state index contributed by atoms with van der Waals surface area (Å²) in [6, 6.07) is 0. The first-order chi connectivity index (χ1) is 3.79. The van der Waals surface area contributed by atoms with Crippen LogP contribution in [0.25, 0.3) is 0 Å². The van der Waals surface area contributed by atoms with Gasteiger partial charge >= 0.3 is 0 Å². The van der Waals surface area contributed by atoms with Crippen molar-refractivity contribution >= 4 is 5.91 Å². The summed E-state index contributed by atoms with van der Waals surface area (Å²) in [6.07, 6.45) is 0.486. The normalized spacial score (nSPS) is 20.0. The third-order valence-electron chi connectivity index (χ3n) is 1.20. The van der Waals surface area contributed by atoms with Gasteiger partial charge in [-0.15, -0.1) is 0 Å². The number of nitrogens with two attached hydrogens (primary N) is 1. The van der Waals surface area contributed by atoms with Crippen LogP contribution in [0, 0.1) is 5.92 Å². The second-order valence-electron chi connectivity index (χ2n) is 2.07. The lowest BCUT2D eigenvalue weighted by Gasteiger charge is -2.24. The maximum atomic E-state index is 10.2. The highest BCUT2D eigenvalue weighted by atomic mass is 16.5. The van der Waals surface area contributed by atoms with Gasteiger partial charge in [0.1, 0.15) is 0 Å². The Morgan fingerprint density at radius 3 is 2.50 bits per heavy atom. The molecule has 0 radical (unpaired) electrons. The summed E-state index contributed by atoms with van der Waals surface area (Å²) in [6.45, 7) is 1.42. The number of rotatable bonds is 2. The molecule has 1 aliphatic heterocycles. The van der Waals surface area contributed by atoms with Gasteiger partial charge in [0, 0.05) is 12.3 Å². The van der Waals surface area contributed by atoms with Gasteiger partial charge in [-0.3, -0.25) is 4.79 Å². The fraction of sp³-hybridized carbons (Fsp3) is 0.800. The zero-order chi connectivity index (χ0) is 5.98. The van der Waals surface area contributed by atoms with E-state index in [1.807, 2.05) is 0 Å². The topological polar surface area (TPSA) is 52.3 Å². The highest BCUT2D eigenvalue weighted by Gasteiger charge is 2.19. The summed E-state index contributed by atoms with van der Waals surface area (Å²) in [5.41, 5.74) is 4.91. The maximum Gasteiger partial charge on any atom is 0.217 e. The van der Waals surface area contributed by atoms with E-state index in [2.05, 4.69) is 0 Å². The molecule has 1 fully saturated rings. The Bertz CT molecular complexity index is 98.6. The Kier molecular flexibility index (Phi) is 1.48.